The van der Waals surface area contributed by atoms with E-state index in [4.69, 9.17) is 5.73 Å². The van der Waals surface area contributed by atoms with Crippen LogP contribution < -0.4 is 11.3 Å². The number of carbonyl (C=O) groups excluding carboxylic acids is 1. The average Bonchev–Trinajstić information content (AvgIpc) is 2.70. The number of hydrogen-bond donors (Lipinski definition) is 3. The van der Waals surface area contributed by atoms with Gasteiger partial charge in [0.05, 0.1) is 0 Å². The van der Waals surface area contributed by atoms with E-state index in [9.17, 15) is 23.5 Å². The van der Waals surface area contributed by atoms with Gasteiger partial charge in [-0.25, -0.2) is 8.78 Å². The second kappa shape index (κ2) is 6.87. The zero-order valence-corrected chi connectivity index (χ0v) is 14.9. The molecular formula is C22H14F2N2O3. The minimum atomic E-state index is -1.08. The molecule has 1 heterocycles. The van der Waals surface area contributed by atoms with E-state index in [1.54, 1.807) is 0 Å². The zero-order valence-electron chi connectivity index (χ0n) is 14.9. The number of amides is 1. The van der Waals surface area contributed by atoms with Crippen molar-refractivity contribution in [1.82, 2.24) is 4.98 Å². The van der Waals surface area contributed by atoms with Crippen molar-refractivity contribution in [3.8, 4) is 28.0 Å². The molecule has 7 heteroatoms. The summed E-state index contributed by atoms with van der Waals surface area (Å²) in [6.07, 6.45) is 1.42. The number of halogens is 2. The highest BCUT2D eigenvalue weighted by Gasteiger charge is 2.18. The summed E-state index contributed by atoms with van der Waals surface area (Å²) in [5, 5.41) is 10.6. The fraction of sp³-hybridized carbons (Fsp3) is 0. The summed E-state index contributed by atoms with van der Waals surface area (Å²) in [5.41, 5.74) is 6.15. The highest BCUT2D eigenvalue weighted by Crippen LogP contribution is 2.38. The van der Waals surface area contributed by atoms with Crippen LogP contribution in [0.5, 0.6) is 5.75 Å². The van der Waals surface area contributed by atoms with Gasteiger partial charge in [-0.1, -0.05) is 18.2 Å². The monoisotopic (exact) mass is 392 g/mol. The summed E-state index contributed by atoms with van der Waals surface area (Å²) in [6.45, 7) is 0. The predicted molar refractivity (Wildman–Crippen MR) is 106 cm³/mol. The molecule has 0 saturated heterocycles. The van der Waals surface area contributed by atoms with Gasteiger partial charge in [0.2, 0.25) is 5.91 Å². The van der Waals surface area contributed by atoms with Gasteiger partial charge in [-0.15, -0.1) is 0 Å². The second-order valence-electron chi connectivity index (χ2n) is 6.49. The Balaban J connectivity index is 2.11. The fourth-order valence-electron chi connectivity index (χ4n) is 3.34. The highest BCUT2D eigenvalue weighted by atomic mass is 19.2. The van der Waals surface area contributed by atoms with Crippen LogP contribution in [0, 0.1) is 11.6 Å². The van der Waals surface area contributed by atoms with Crippen LogP contribution in [-0.4, -0.2) is 16.0 Å². The minimum Gasteiger partial charge on any atom is -0.508 e. The number of carbonyl (C=O) groups is 1. The molecule has 4 N–H and O–H groups in total. The van der Waals surface area contributed by atoms with Crippen molar-refractivity contribution in [2.45, 2.75) is 0 Å². The normalized spacial score (nSPS) is 11.0. The van der Waals surface area contributed by atoms with Crippen LogP contribution in [-0.2, 0) is 0 Å². The molecule has 144 valence electrons. The molecule has 0 unspecified atom stereocenters. The number of nitrogens with two attached hydrogens (primary N) is 1. The van der Waals surface area contributed by atoms with Gasteiger partial charge < -0.3 is 15.8 Å². The van der Waals surface area contributed by atoms with Crippen molar-refractivity contribution in [3.05, 3.63) is 88.3 Å². The first-order valence-corrected chi connectivity index (χ1v) is 8.60. The smallest absolute Gasteiger partial charge is 0.255 e. The zero-order chi connectivity index (χ0) is 20.7. The molecule has 29 heavy (non-hydrogen) atoms. The summed E-state index contributed by atoms with van der Waals surface area (Å²) in [7, 11) is 0. The van der Waals surface area contributed by atoms with E-state index in [0.717, 1.165) is 6.07 Å². The van der Waals surface area contributed by atoms with Crippen LogP contribution in [0.2, 0.25) is 0 Å². The van der Waals surface area contributed by atoms with Crippen molar-refractivity contribution in [3.63, 3.8) is 0 Å². The van der Waals surface area contributed by atoms with Gasteiger partial charge >= 0.3 is 0 Å². The highest BCUT2D eigenvalue weighted by molar-refractivity contribution is 6.02. The minimum absolute atomic E-state index is 0.0587. The van der Waals surface area contributed by atoms with E-state index in [0.29, 0.717) is 21.9 Å². The molecule has 0 atom stereocenters. The van der Waals surface area contributed by atoms with Crippen LogP contribution in [0.15, 0.2) is 65.6 Å². The predicted octanol–water partition coefficient (Wildman–Crippen LogP) is 3.94. The number of H-pyrrole nitrogens is 1. The SMILES string of the molecule is NC(=O)c1ccc(-c2c[nH]c(=O)c3ccc(O)cc23)c(-c2cccc(F)c2F)c1. The van der Waals surface area contributed by atoms with Crippen LogP contribution in [0.3, 0.4) is 0 Å². The summed E-state index contributed by atoms with van der Waals surface area (Å²) < 4.78 is 28.4. The van der Waals surface area contributed by atoms with Crippen LogP contribution in [0.25, 0.3) is 33.0 Å². The Hall–Kier alpha value is -4.00. The number of rotatable bonds is 3. The van der Waals surface area contributed by atoms with Crippen LogP contribution in [0.1, 0.15) is 10.4 Å². The molecule has 0 aliphatic carbocycles. The Morgan fingerprint density at radius 1 is 0.897 bits per heavy atom. The molecule has 0 aliphatic rings. The lowest BCUT2D eigenvalue weighted by atomic mass is 9.90. The number of aromatic nitrogens is 1. The molecule has 4 aromatic rings. The number of benzene rings is 3. The van der Waals surface area contributed by atoms with E-state index in [1.807, 2.05) is 0 Å². The van der Waals surface area contributed by atoms with Gasteiger partial charge in [0.15, 0.2) is 11.6 Å². The fourth-order valence-corrected chi connectivity index (χ4v) is 3.34. The Kier molecular flexibility index (Phi) is 4.35. The van der Waals surface area contributed by atoms with Crippen molar-refractivity contribution < 1.29 is 18.7 Å². The standard InChI is InChI=1S/C22H14F2N2O3/c23-19-3-1-2-14(20(19)24)16-8-11(21(25)28)4-6-13(16)18-10-26-22(29)15-7-5-12(27)9-17(15)18/h1-10,27H,(H2,25,28)(H,26,29). The maximum absolute atomic E-state index is 14.6. The van der Waals surface area contributed by atoms with E-state index in [2.05, 4.69) is 4.98 Å². The molecule has 1 aromatic heterocycles. The maximum atomic E-state index is 14.6. The molecule has 3 aromatic carbocycles. The maximum Gasteiger partial charge on any atom is 0.255 e. The Morgan fingerprint density at radius 3 is 2.45 bits per heavy atom. The number of hydrogen-bond acceptors (Lipinski definition) is 3. The Morgan fingerprint density at radius 2 is 1.69 bits per heavy atom. The lowest BCUT2D eigenvalue weighted by molar-refractivity contribution is 0.100. The summed E-state index contributed by atoms with van der Waals surface area (Å²) >= 11 is 0. The van der Waals surface area contributed by atoms with E-state index >= 15 is 0 Å². The molecule has 0 fully saturated rings. The summed E-state index contributed by atoms with van der Waals surface area (Å²) in [4.78, 5) is 26.4. The number of nitrogens with one attached hydrogen (secondary N) is 1. The molecule has 0 spiro atoms. The molecule has 0 saturated carbocycles. The number of phenolic OH excluding ortho intramolecular Hbond substituents is 1. The third-order valence-corrected chi connectivity index (χ3v) is 4.72. The van der Waals surface area contributed by atoms with Crippen molar-refractivity contribution in [2.75, 3.05) is 0 Å². The van der Waals surface area contributed by atoms with Gasteiger partial charge in [0, 0.05) is 33.7 Å². The molecule has 0 bridgehead atoms. The first-order chi connectivity index (χ1) is 13.9. The van der Waals surface area contributed by atoms with Crippen molar-refractivity contribution in [1.29, 1.82) is 0 Å². The first kappa shape index (κ1) is 18.4. The topological polar surface area (TPSA) is 96.2 Å². The number of phenols is 1. The average molecular weight is 392 g/mol. The van der Waals surface area contributed by atoms with Gasteiger partial charge in [0.1, 0.15) is 5.75 Å². The number of fused-ring (bicyclic) bond motifs is 1. The van der Waals surface area contributed by atoms with Gasteiger partial charge in [0.25, 0.3) is 5.56 Å². The van der Waals surface area contributed by atoms with Gasteiger partial charge in [-0.3, -0.25) is 9.59 Å². The summed E-state index contributed by atoms with van der Waals surface area (Å²) in [6, 6.07) is 12.3. The van der Waals surface area contributed by atoms with Crippen molar-refractivity contribution >= 4 is 16.7 Å². The third-order valence-electron chi connectivity index (χ3n) is 4.72. The first-order valence-electron chi connectivity index (χ1n) is 8.60. The number of primary amides is 1. The lowest BCUT2D eigenvalue weighted by Gasteiger charge is -2.14. The summed E-state index contributed by atoms with van der Waals surface area (Å²) in [5.74, 6) is -2.90. The number of aromatic hydroxyl groups is 1. The van der Waals surface area contributed by atoms with Crippen molar-refractivity contribution in [2.24, 2.45) is 5.73 Å². The molecular weight excluding hydrogens is 378 g/mol. The number of aromatic amines is 1. The van der Waals surface area contributed by atoms with Crippen LogP contribution in [0.4, 0.5) is 8.78 Å². The van der Waals surface area contributed by atoms with E-state index < -0.39 is 17.5 Å². The Bertz CT molecular complexity index is 1350. The second-order valence-corrected chi connectivity index (χ2v) is 6.49. The molecule has 0 radical (unpaired) electrons. The molecule has 1 amide bonds. The van der Waals surface area contributed by atoms with Gasteiger partial charge in [-0.05, 0) is 47.5 Å². The van der Waals surface area contributed by atoms with Gasteiger partial charge in [-0.2, -0.15) is 0 Å². The van der Waals surface area contributed by atoms with E-state index in [1.165, 1.54) is 54.7 Å². The lowest BCUT2D eigenvalue weighted by Crippen LogP contribution is -2.11. The van der Waals surface area contributed by atoms with Crippen LogP contribution >= 0.6 is 0 Å². The molecule has 5 nitrogen and oxygen atoms in total. The molecule has 0 aliphatic heterocycles. The Labute approximate surface area is 163 Å². The molecule has 4 rings (SSSR count). The largest absolute Gasteiger partial charge is 0.508 e. The quantitative estimate of drug-likeness (QED) is 0.493. The third kappa shape index (κ3) is 3.12. The number of pyridine rings is 1. The van der Waals surface area contributed by atoms with E-state index in [-0.39, 0.29) is 28.0 Å².